The monoisotopic (exact) mass is 249 g/mol. The Morgan fingerprint density at radius 2 is 2.18 bits per heavy atom. The van der Waals surface area contributed by atoms with E-state index in [0.717, 1.165) is 0 Å². The molecule has 1 aliphatic heterocycles. The van der Waals surface area contributed by atoms with Crippen LogP contribution in [0.3, 0.4) is 0 Å². The number of hydrogen-bond acceptors (Lipinski definition) is 2. The van der Waals surface area contributed by atoms with Gasteiger partial charge in [0.25, 0.3) is 0 Å². The normalized spacial score (nSPS) is 25.8. The molecular weight excluding hydrogens is 235 g/mol. The Balaban J connectivity index is 2.67. The van der Waals surface area contributed by atoms with Gasteiger partial charge in [-0.2, -0.15) is 13.2 Å². The molecule has 0 saturated carbocycles. The zero-order valence-corrected chi connectivity index (χ0v) is 9.26. The Morgan fingerprint density at radius 3 is 2.59 bits per heavy atom. The first-order valence-electron chi connectivity index (χ1n) is 5.29. The second-order valence-corrected chi connectivity index (χ2v) is 4.22. The van der Waals surface area contributed by atoms with Gasteiger partial charge in [-0.05, 0) is 25.9 Å². The summed E-state index contributed by atoms with van der Waals surface area (Å²) in [6.45, 7) is 0.0854. The van der Waals surface area contributed by atoms with Crippen LogP contribution in [0.25, 0.3) is 0 Å². The van der Waals surface area contributed by atoms with Crippen molar-refractivity contribution in [2.75, 3.05) is 19.6 Å². The van der Waals surface area contributed by atoms with Gasteiger partial charge in [0.15, 0.2) is 5.41 Å². The van der Waals surface area contributed by atoms with Crippen molar-refractivity contribution in [3.63, 3.8) is 0 Å². The maximum absolute atomic E-state index is 12.8. The van der Waals surface area contributed by atoms with Crippen LogP contribution in [0.1, 0.15) is 19.3 Å². The first kappa shape index (κ1) is 13.8. The van der Waals surface area contributed by atoms with Crippen molar-refractivity contribution in [3.05, 3.63) is 0 Å². The zero-order valence-electron chi connectivity index (χ0n) is 9.26. The molecular formula is C11H14F3NO2. The van der Waals surface area contributed by atoms with Gasteiger partial charge in [0, 0.05) is 13.0 Å². The number of rotatable bonds is 4. The van der Waals surface area contributed by atoms with Gasteiger partial charge in [-0.3, -0.25) is 4.79 Å². The highest BCUT2D eigenvalue weighted by atomic mass is 19.4. The molecule has 0 aromatic rings. The number of nitrogens with zero attached hydrogens (tertiary/aromatic N) is 1. The molecule has 17 heavy (non-hydrogen) atoms. The Hall–Kier alpha value is -1.22. The highest BCUT2D eigenvalue weighted by Gasteiger charge is 2.63. The van der Waals surface area contributed by atoms with Gasteiger partial charge in [-0.1, -0.05) is 0 Å². The molecule has 0 amide bonds. The standard InChI is InChI=1S/C11H14F3NO2/c1-2-3-4-6-15-7-5-10(8-15,9(16)17)11(12,13)14/h1H,3-8H2,(H,16,17). The summed E-state index contributed by atoms with van der Waals surface area (Å²) < 4.78 is 38.4. The van der Waals surface area contributed by atoms with Gasteiger partial charge in [0.2, 0.25) is 0 Å². The maximum atomic E-state index is 12.8. The van der Waals surface area contributed by atoms with E-state index in [4.69, 9.17) is 11.5 Å². The van der Waals surface area contributed by atoms with Crippen molar-refractivity contribution in [2.24, 2.45) is 5.41 Å². The summed E-state index contributed by atoms with van der Waals surface area (Å²) in [4.78, 5) is 12.4. The Morgan fingerprint density at radius 1 is 1.53 bits per heavy atom. The van der Waals surface area contributed by atoms with E-state index in [-0.39, 0.29) is 13.0 Å². The maximum Gasteiger partial charge on any atom is 0.406 e. The molecule has 0 bridgehead atoms. The fraction of sp³-hybridized carbons (Fsp3) is 0.727. The Labute approximate surface area is 97.6 Å². The molecule has 96 valence electrons. The van der Waals surface area contributed by atoms with E-state index < -0.39 is 24.1 Å². The number of terminal acetylenes is 1. The number of halogens is 3. The third kappa shape index (κ3) is 2.72. The van der Waals surface area contributed by atoms with Crippen molar-refractivity contribution in [1.82, 2.24) is 4.90 Å². The van der Waals surface area contributed by atoms with E-state index in [9.17, 15) is 18.0 Å². The number of hydrogen-bond donors (Lipinski definition) is 1. The Kier molecular flexibility index (Phi) is 4.04. The van der Waals surface area contributed by atoms with Crippen molar-refractivity contribution < 1.29 is 23.1 Å². The van der Waals surface area contributed by atoms with Crippen molar-refractivity contribution in [3.8, 4) is 12.3 Å². The lowest BCUT2D eigenvalue weighted by atomic mass is 9.86. The van der Waals surface area contributed by atoms with Crippen LogP contribution in [0.5, 0.6) is 0 Å². The molecule has 0 aromatic heterocycles. The van der Waals surface area contributed by atoms with E-state index >= 15 is 0 Å². The average molecular weight is 249 g/mol. The molecule has 1 fully saturated rings. The van der Waals surface area contributed by atoms with E-state index in [1.807, 2.05) is 0 Å². The van der Waals surface area contributed by atoms with Gasteiger partial charge in [0.05, 0.1) is 0 Å². The molecule has 6 heteroatoms. The number of carboxylic acid groups (broad SMARTS) is 1. The van der Waals surface area contributed by atoms with E-state index in [1.54, 1.807) is 0 Å². The second-order valence-electron chi connectivity index (χ2n) is 4.22. The number of aliphatic carboxylic acids is 1. The van der Waals surface area contributed by atoms with Gasteiger partial charge in [-0.25, -0.2) is 0 Å². The van der Waals surface area contributed by atoms with Crippen LogP contribution in [0, 0.1) is 17.8 Å². The highest BCUT2D eigenvalue weighted by molar-refractivity contribution is 5.76. The van der Waals surface area contributed by atoms with Crippen LogP contribution < -0.4 is 0 Å². The molecule has 0 radical (unpaired) electrons. The van der Waals surface area contributed by atoms with Crippen LogP contribution in [0.2, 0.25) is 0 Å². The lowest BCUT2D eigenvalue weighted by Gasteiger charge is -2.27. The predicted molar refractivity (Wildman–Crippen MR) is 55.2 cm³/mol. The smallest absolute Gasteiger partial charge is 0.406 e. The molecule has 1 aliphatic rings. The molecule has 1 N–H and O–H groups in total. The molecule has 0 aromatic carbocycles. The summed E-state index contributed by atoms with van der Waals surface area (Å²) >= 11 is 0. The molecule has 1 saturated heterocycles. The lowest BCUT2D eigenvalue weighted by molar-refractivity contribution is -0.227. The van der Waals surface area contributed by atoms with E-state index in [0.29, 0.717) is 19.4 Å². The Bertz CT molecular complexity index is 335. The predicted octanol–water partition coefficient (Wildman–Crippen LogP) is 1.74. The minimum Gasteiger partial charge on any atom is -0.481 e. The largest absolute Gasteiger partial charge is 0.481 e. The van der Waals surface area contributed by atoms with Crippen LogP contribution in [0.4, 0.5) is 13.2 Å². The van der Waals surface area contributed by atoms with E-state index in [2.05, 4.69) is 5.92 Å². The molecule has 3 nitrogen and oxygen atoms in total. The molecule has 1 unspecified atom stereocenters. The van der Waals surface area contributed by atoms with Crippen LogP contribution in [-0.2, 0) is 4.79 Å². The van der Waals surface area contributed by atoms with Gasteiger partial charge in [-0.15, -0.1) is 12.3 Å². The average Bonchev–Trinajstić information content (AvgIpc) is 2.63. The third-order valence-electron chi connectivity index (χ3n) is 3.10. The summed E-state index contributed by atoms with van der Waals surface area (Å²) in [5.41, 5.74) is -2.61. The van der Waals surface area contributed by atoms with Gasteiger partial charge >= 0.3 is 12.1 Å². The number of carboxylic acids is 1. The summed E-state index contributed by atoms with van der Waals surface area (Å²) in [7, 11) is 0. The number of likely N-dealkylation sites (tertiary alicyclic amines) is 1. The number of unbranched alkanes of at least 4 members (excludes halogenated alkanes) is 1. The fourth-order valence-corrected chi connectivity index (χ4v) is 2.01. The molecule has 0 spiro atoms. The summed E-state index contributed by atoms with van der Waals surface area (Å²) in [5.74, 6) is 0.613. The van der Waals surface area contributed by atoms with Crippen molar-refractivity contribution >= 4 is 5.97 Å². The van der Waals surface area contributed by atoms with Gasteiger partial charge < -0.3 is 10.0 Å². The first-order valence-corrected chi connectivity index (χ1v) is 5.29. The molecule has 1 rings (SSSR count). The van der Waals surface area contributed by atoms with E-state index in [1.165, 1.54) is 4.90 Å². The lowest BCUT2D eigenvalue weighted by Crippen LogP contribution is -2.47. The topological polar surface area (TPSA) is 40.5 Å². The van der Waals surface area contributed by atoms with Crippen LogP contribution in [-0.4, -0.2) is 41.8 Å². The summed E-state index contributed by atoms with van der Waals surface area (Å²) in [6.07, 6.45) is 1.02. The summed E-state index contributed by atoms with van der Waals surface area (Å²) in [5, 5.41) is 8.81. The van der Waals surface area contributed by atoms with Crippen molar-refractivity contribution in [1.29, 1.82) is 0 Å². The third-order valence-corrected chi connectivity index (χ3v) is 3.10. The molecule has 1 atom stereocenters. The van der Waals surface area contributed by atoms with Crippen LogP contribution >= 0.6 is 0 Å². The zero-order chi connectivity index (χ0) is 13.1. The summed E-state index contributed by atoms with van der Waals surface area (Å²) in [6, 6.07) is 0. The van der Waals surface area contributed by atoms with Crippen LogP contribution in [0.15, 0.2) is 0 Å². The van der Waals surface area contributed by atoms with Crippen molar-refractivity contribution in [2.45, 2.75) is 25.4 Å². The first-order chi connectivity index (χ1) is 7.83. The second kappa shape index (κ2) is 4.96. The number of alkyl halides is 3. The minimum absolute atomic E-state index is 0.149. The molecule has 0 aliphatic carbocycles. The quantitative estimate of drug-likeness (QED) is 0.609. The highest BCUT2D eigenvalue weighted by Crippen LogP contribution is 2.45. The number of carbonyl (C=O) groups is 1. The minimum atomic E-state index is -4.71. The fourth-order valence-electron chi connectivity index (χ4n) is 2.01. The SMILES string of the molecule is C#CCCCN1CCC(C(=O)O)(C(F)(F)F)C1. The molecule has 1 heterocycles. The van der Waals surface area contributed by atoms with Gasteiger partial charge in [0.1, 0.15) is 0 Å².